The Morgan fingerprint density at radius 1 is 1.22 bits per heavy atom. The molecule has 2 aliphatic carbocycles. The first kappa shape index (κ1) is 12.0. The van der Waals surface area contributed by atoms with E-state index in [1.807, 2.05) is 6.92 Å². The molecule has 0 radical (unpaired) electrons. The van der Waals surface area contributed by atoms with Gasteiger partial charge in [0, 0.05) is 5.56 Å². The Hall–Kier alpha value is -1.09. The van der Waals surface area contributed by atoms with Crippen molar-refractivity contribution in [1.29, 1.82) is 0 Å². The highest BCUT2D eigenvalue weighted by atomic mass is 19.1. The van der Waals surface area contributed by atoms with Gasteiger partial charge in [0.2, 0.25) is 0 Å². The van der Waals surface area contributed by atoms with E-state index >= 15 is 0 Å². The lowest BCUT2D eigenvalue weighted by atomic mass is 9.83. The second-order valence-corrected chi connectivity index (χ2v) is 5.70. The number of methoxy groups -OCH3 is 1. The summed E-state index contributed by atoms with van der Waals surface area (Å²) in [5.74, 6) is 0.311. The molecule has 0 aliphatic heterocycles. The van der Waals surface area contributed by atoms with Crippen LogP contribution in [0.5, 0.6) is 5.75 Å². The van der Waals surface area contributed by atoms with Gasteiger partial charge in [-0.25, -0.2) is 4.39 Å². The fraction of sp³-hybridized carbons (Fsp3) is 0.600. The van der Waals surface area contributed by atoms with Crippen LogP contribution < -0.4 is 4.74 Å². The molecule has 0 saturated heterocycles. The summed E-state index contributed by atoms with van der Waals surface area (Å²) in [5, 5.41) is 11.0. The predicted molar refractivity (Wildman–Crippen MR) is 67.0 cm³/mol. The summed E-state index contributed by atoms with van der Waals surface area (Å²) in [5.41, 5.74) is 0.413. The molecule has 0 spiro atoms. The summed E-state index contributed by atoms with van der Waals surface area (Å²) in [7, 11) is 1.47. The molecular weight excluding hydrogens is 231 g/mol. The van der Waals surface area contributed by atoms with Crippen LogP contribution >= 0.6 is 0 Å². The van der Waals surface area contributed by atoms with Crippen molar-refractivity contribution in [3.8, 4) is 5.75 Å². The van der Waals surface area contributed by atoms with Crippen molar-refractivity contribution in [3.63, 3.8) is 0 Å². The number of benzene rings is 1. The lowest BCUT2D eigenvalue weighted by Gasteiger charge is -2.30. The summed E-state index contributed by atoms with van der Waals surface area (Å²) in [6.45, 7) is 1.91. The third-order valence-electron chi connectivity index (χ3n) is 4.23. The van der Waals surface area contributed by atoms with Gasteiger partial charge in [-0.15, -0.1) is 0 Å². The van der Waals surface area contributed by atoms with E-state index in [-0.39, 0.29) is 23.4 Å². The third kappa shape index (κ3) is 1.72. The van der Waals surface area contributed by atoms with E-state index in [1.165, 1.54) is 7.11 Å². The second-order valence-electron chi connectivity index (χ2n) is 5.70. The number of aliphatic hydroxyl groups is 1. The number of ether oxygens (including phenoxy) is 1. The van der Waals surface area contributed by atoms with Crippen LogP contribution in [0, 0.1) is 24.6 Å². The first-order valence-electron chi connectivity index (χ1n) is 6.64. The van der Waals surface area contributed by atoms with E-state index in [0.717, 1.165) is 31.2 Å². The third-order valence-corrected chi connectivity index (χ3v) is 4.23. The SMILES string of the molecule is COc1cc(C)cc(C(O)(C2CC2)C2CC2)c1F. The molecule has 98 valence electrons. The van der Waals surface area contributed by atoms with Gasteiger partial charge >= 0.3 is 0 Å². The molecule has 0 amide bonds. The number of halogens is 1. The van der Waals surface area contributed by atoms with Gasteiger partial charge in [0.25, 0.3) is 0 Å². The first-order chi connectivity index (χ1) is 8.57. The van der Waals surface area contributed by atoms with Crippen molar-refractivity contribution in [3.05, 3.63) is 29.1 Å². The molecule has 0 bridgehead atoms. The fourth-order valence-corrected chi connectivity index (χ4v) is 3.00. The minimum atomic E-state index is -0.969. The molecule has 2 fully saturated rings. The summed E-state index contributed by atoms with van der Waals surface area (Å²) in [4.78, 5) is 0. The smallest absolute Gasteiger partial charge is 0.171 e. The van der Waals surface area contributed by atoms with Gasteiger partial charge in [-0.2, -0.15) is 0 Å². The van der Waals surface area contributed by atoms with Crippen LogP contribution in [0.15, 0.2) is 12.1 Å². The average Bonchev–Trinajstić information content (AvgIpc) is 3.18. The van der Waals surface area contributed by atoms with E-state index in [1.54, 1.807) is 12.1 Å². The van der Waals surface area contributed by atoms with Gasteiger partial charge in [0.15, 0.2) is 11.6 Å². The quantitative estimate of drug-likeness (QED) is 0.889. The van der Waals surface area contributed by atoms with Crippen LogP contribution in [0.3, 0.4) is 0 Å². The Bertz CT molecular complexity index is 464. The van der Waals surface area contributed by atoms with E-state index in [4.69, 9.17) is 4.74 Å². The van der Waals surface area contributed by atoms with E-state index < -0.39 is 5.60 Å². The second kappa shape index (κ2) is 3.95. The van der Waals surface area contributed by atoms with Gasteiger partial charge in [-0.3, -0.25) is 0 Å². The average molecular weight is 250 g/mol. The maximum atomic E-state index is 14.4. The lowest BCUT2D eigenvalue weighted by Crippen LogP contribution is -2.32. The number of rotatable bonds is 4. The highest BCUT2D eigenvalue weighted by Gasteiger charge is 2.55. The molecule has 0 unspecified atom stereocenters. The Kier molecular flexibility index (Phi) is 2.63. The van der Waals surface area contributed by atoms with E-state index in [9.17, 15) is 9.50 Å². The molecule has 0 atom stereocenters. The Balaban J connectivity index is 2.11. The molecule has 3 heteroatoms. The number of aryl methyl sites for hydroxylation is 1. The molecule has 3 rings (SSSR count). The Labute approximate surface area is 107 Å². The van der Waals surface area contributed by atoms with Crippen LogP contribution in [0.4, 0.5) is 4.39 Å². The summed E-state index contributed by atoms with van der Waals surface area (Å²) < 4.78 is 19.5. The van der Waals surface area contributed by atoms with Gasteiger partial charge in [0.1, 0.15) is 0 Å². The van der Waals surface area contributed by atoms with Gasteiger partial charge in [-0.05, 0) is 62.1 Å². The summed E-state index contributed by atoms with van der Waals surface area (Å²) >= 11 is 0. The standard InChI is InChI=1S/C15H19FO2/c1-9-7-12(14(16)13(8-9)18-2)15(17,10-3-4-10)11-5-6-11/h7-8,10-11,17H,3-6H2,1-2H3. The van der Waals surface area contributed by atoms with Crippen LogP contribution in [0.1, 0.15) is 36.8 Å². The van der Waals surface area contributed by atoms with Crippen molar-refractivity contribution >= 4 is 0 Å². The molecule has 2 saturated carbocycles. The molecule has 2 nitrogen and oxygen atoms in total. The minimum Gasteiger partial charge on any atom is -0.494 e. The molecule has 18 heavy (non-hydrogen) atoms. The van der Waals surface area contributed by atoms with Gasteiger partial charge in [0.05, 0.1) is 12.7 Å². The van der Waals surface area contributed by atoms with Crippen molar-refractivity contribution < 1.29 is 14.2 Å². The molecule has 1 aromatic rings. The van der Waals surface area contributed by atoms with E-state index in [0.29, 0.717) is 5.56 Å². The molecule has 1 N–H and O–H groups in total. The van der Waals surface area contributed by atoms with E-state index in [2.05, 4.69) is 0 Å². The largest absolute Gasteiger partial charge is 0.494 e. The Morgan fingerprint density at radius 2 is 1.78 bits per heavy atom. The fourth-order valence-electron chi connectivity index (χ4n) is 3.00. The topological polar surface area (TPSA) is 29.5 Å². The van der Waals surface area contributed by atoms with Crippen LogP contribution in [-0.4, -0.2) is 12.2 Å². The lowest BCUT2D eigenvalue weighted by molar-refractivity contribution is -0.0138. The molecule has 0 aromatic heterocycles. The van der Waals surface area contributed by atoms with Crippen LogP contribution in [-0.2, 0) is 5.60 Å². The van der Waals surface area contributed by atoms with Crippen molar-refractivity contribution in [2.45, 2.75) is 38.2 Å². The molecular formula is C15H19FO2. The molecule has 1 aromatic carbocycles. The Morgan fingerprint density at radius 3 is 2.22 bits per heavy atom. The zero-order valence-electron chi connectivity index (χ0n) is 10.9. The summed E-state index contributed by atoms with van der Waals surface area (Å²) in [6, 6.07) is 3.47. The monoisotopic (exact) mass is 250 g/mol. The van der Waals surface area contributed by atoms with Crippen molar-refractivity contribution in [1.82, 2.24) is 0 Å². The maximum Gasteiger partial charge on any atom is 0.171 e. The maximum absolute atomic E-state index is 14.4. The zero-order valence-corrected chi connectivity index (χ0v) is 10.9. The first-order valence-corrected chi connectivity index (χ1v) is 6.64. The normalized spacial score (nSPS) is 20.0. The van der Waals surface area contributed by atoms with Crippen molar-refractivity contribution in [2.75, 3.05) is 7.11 Å². The van der Waals surface area contributed by atoms with Gasteiger partial charge in [-0.1, -0.05) is 0 Å². The highest BCUT2D eigenvalue weighted by Crippen LogP contribution is 2.58. The van der Waals surface area contributed by atoms with Crippen molar-refractivity contribution in [2.24, 2.45) is 11.8 Å². The van der Waals surface area contributed by atoms with Crippen LogP contribution in [0.25, 0.3) is 0 Å². The molecule has 0 heterocycles. The number of hydrogen-bond donors (Lipinski definition) is 1. The summed E-state index contributed by atoms with van der Waals surface area (Å²) in [6.07, 6.45) is 4.01. The zero-order chi connectivity index (χ0) is 12.9. The highest BCUT2D eigenvalue weighted by molar-refractivity contribution is 5.41. The predicted octanol–water partition coefficient (Wildman–Crippen LogP) is 3.15. The van der Waals surface area contributed by atoms with Gasteiger partial charge < -0.3 is 9.84 Å². The minimum absolute atomic E-state index is 0.228. The number of hydrogen-bond acceptors (Lipinski definition) is 2. The van der Waals surface area contributed by atoms with Crippen LogP contribution in [0.2, 0.25) is 0 Å². The molecule has 2 aliphatic rings.